The molecule has 2 rings (SSSR count). The van der Waals surface area contributed by atoms with Crippen molar-refractivity contribution in [3.63, 3.8) is 0 Å². The Bertz CT molecular complexity index is 402. The normalized spacial score (nSPS) is 19.9. The van der Waals surface area contributed by atoms with E-state index in [0.717, 1.165) is 31.7 Å². The van der Waals surface area contributed by atoms with Gasteiger partial charge in [0, 0.05) is 12.6 Å². The Balaban J connectivity index is 1.57. The topological polar surface area (TPSA) is 41.9 Å². The summed E-state index contributed by atoms with van der Waals surface area (Å²) in [6, 6.07) is 10.0. The van der Waals surface area contributed by atoms with Crippen LogP contribution in [-0.2, 0) is 4.74 Å². The SMILES string of the molecule is CC(C)(O)C1CCCN1CCOCCOc1ccccc1. The van der Waals surface area contributed by atoms with E-state index >= 15 is 0 Å². The van der Waals surface area contributed by atoms with Gasteiger partial charge in [-0.2, -0.15) is 0 Å². The fourth-order valence-electron chi connectivity index (χ4n) is 2.91. The first-order valence-corrected chi connectivity index (χ1v) is 7.79. The van der Waals surface area contributed by atoms with Crippen molar-refractivity contribution in [3.05, 3.63) is 30.3 Å². The monoisotopic (exact) mass is 293 g/mol. The fraction of sp³-hybridized carbons (Fsp3) is 0.647. The van der Waals surface area contributed by atoms with Gasteiger partial charge in [-0.1, -0.05) is 18.2 Å². The van der Waals surface area contributed by atoms with E-state index in [2.05, 4.69) is 4.90 Å². The molecule has 0 radical (unpaired) electrons. The van der Waals surface area contributed by atoms with Crippen molar-refractivity contribution in [3.8, 4) is 5.75 Å². The van der Waals surface area contributed by atoms with Gasteiger partial charge in [0.25, 0.3) is 0 Å². The zero-order chi connectivity index (χ0) is 15.1. The molecule has 1 unspecified atom stereocenters. The molecular weight excluding hydrogens is 266 g/mol. The van der Waals surface area contributed by atoms with Crippen LogP contribution in [0.5, 0.6) is 5.75 Å². The van der Waals surface area contributed by atoms with Gasteiger partial charge in [-0.15, -0.1) is 0 Å². The van der Waals surface area contributed by atoms with Crippen LogP contribution in [0.1, 0.15) is 26.7 Å². The third-order valence-electron chi connectivity index (χ3n) is 3.94. The van der Waals surface area contributed by atoms with Crippen molar-refractivity contribution in [2.24, 2.45) is 0 Å². The minimum absolute atomic E-state index is 0.252. The van der Waals surface area contributed by atoms with Crippen LogP contribution >= 0.6 is 0 Å². The van der Waals surface area contributed by atoms with Crippen LogP contribution in [-0.4, -0.2) is 54.6 Å². The summed E-state index contributed by atoms with van der Waals surface area (Å²) in [5.74, 6) is 0.878. The number of likely N-dealkylation sites (tertiary alicyclic amines) is 1. The Morgan fingerprint density at radius 2 is 1.95 bits per heavy atom. The number of aliphatic hydroxyl groups is 1. The molecule has 0 saturated carbocycles. The average Bonchev–Trinajstić information content (AvgIpc) is 2.92. The number of para-hydroxylation sites is 1. The summed E-state index contributed by atoms with van der Waals surface area (Å²) in [6.07, 6.45) is 2.23. The summed E-state index contributed by atoms with van der Waals surface area (Å²) in [7, 11) is 0. The highest BCUT2D eigenvalue weighted by Crippen LogP contribution is 2.26. The van der Waals surface area contributed by atoms with Gasteiger partial charge >= 0.3 is 0 Å². The molecule has 0 aromatic heterocycles. The van der Waals surface area contributed by atoms with Gasteiger partial charge in [0.1, 0.15) is 12.4 Å². The molecule has 0 spiro atoms. The minimum Gasteiger partial charge on any atom is -0.491 e. The average molecular weight is 293 g/mol. The van der Waals surface area contributed by atoms with Gasteiger partial charge in [-0.3, -0.25) is 4.90 Å². The Morgan fingerprint density at radius 1 is 1.19 bits per heavy atom. The van der Waals surface area contributed by atoms with Crippen molar-refractivity contribution >= 4 is 0 Å². The van der Waals surface area contributed by atoms with E-state index in [1.54, 1.807) is 0 Å². The van der Waals surface area contributed by atoms with Gasteiger partial charge in [0.05, 0.1) is 18.8 Å². The van der Waals surface area contributed by atoms with Crippen LogP contribution in [0.15, 0.2) is 30.3 Å². The van der Waals surface area contributed by atoms with E-state index in [4.69, 9.17) is 9.47 Å². The third kappa shape index (κ3) is 5.30. The highest BCUT2D eigenvalue weighted by molar-refractivity contribution is 5.20. The summed E-state index contributed by atoms with van der Waals surface area (Å²) in [5.41, 5.74) is -0.632. The Morgan fingerprint density at radius 3 is 2.67 bits per heavy atom. The van der Waals surface area contributed by atoms with E-state index in [-0.39, 0.29) is 6.04 Å². The molecule has 1 heterocycles. The van der Waals surface area contributed by atoms with Crippen LogP contribution in [0.2, 0.25) is 0 Å². The highest BCUT2D eigenvalue weighted by Gasteiger charge is 2.35. The van der Waals surface area contributed by atoms with Gasteiger partial charge in [0.2, 0.25) is 0 Å². The first-order valence-electron chi connectivity index (χ1n) is 7.79. The van der Waals surface area contributed by atoms with Gasteiger partial charge in [-0.05, 0) is 45.4 Å². The van der Waals surface area contributed by atoms with E-state index < -0.39 is 5.60 Å². The second-order valence-electron chi connectivity index (χ2n) is 6.12. The van der Waals surface area contributed by atoms with Gasteiger partial charge in [-0.25, -0.2) is 0 Å². The molecule has 1 atom stereocenters. The standard InChI is InChI=1S/C17H27NO3/c1-17(2,19)16-9-6-10-18(16)11-12-20-13-14-21-15-7-4-3-5-8-15/h3-5,7-8,16,19H,6,9-14H2,1-2H3. The molecule has 0 aliphatic carbocycles. The molecular formula is C17H27NO3. The van der Waals surface area contributed by atoms with E-state index in [0.29, 0.717) is 19.8 Å². The molecule has 1 N–H and O–H groups in total. The first kappa shape index (κ1) is 16.3. The molecule has 1 aliphatic heterocycles. The summed E-state index contributed by atoms with van der Waals surface area (Å²) in [5, 5.41) is 10.2. The van der Waals surface area contributed by atoms with Crippen LogP contribution < -0.4 is 4.74 Å². The fourth-order valence-corrected chi connectivity index (χ4v) is 2.91. The molecule has 0 bridgehead atoms. The second-order valence-corrected chi connectivity index (χ2v) is 6.12. The Labute approximate surface area is 127 Å². The van der Waals surface area contributed by atoms with E-state index in [1.807, 2.05) is 44.2 Å². The van der Waals surface area contributed by atoms with Crippen molar-refractivity contribution in [1.29, 1.82) is 0 Å². The van der Waals surface area contributed by atoms with E-state index in [9.17, 15) is 5.11 Å². The molecule has 0 amide bonds. The number of rotatable bonds is 8. The van der Waals surface area contributed by atoms with Crippen LogP contribution in [0.3, 0.4) is 0 Å². The van der Waals surface area contributed by atoms with Gasteiger partial charge < -0.3 is 14.6 Å². The molecule has 1 aliphatic rings. The summed E-state index contributed by atoms with van der Waals surface area (Å²) in [6.45, 7) is 7.56. The summed E-state index contributed by atoms with van der Waals surface area (Å²) < 4.78 is 11.2. The molecule has 1 fully saturated rings. The van der Waals surface area contributed by atoms with Crippen molar-refractivity contribution in [2.45, 2.75) is 38.3 Å². The second kappa shape index (κ2) is 7.78. The zero-order valence-electron chi connectivity index (χ0n) is 13.1. The smallest absolute Gasteiger partial charge is 0.119 e. The maximum Gasteiger partial charge on any atom is 0.119 e. The molecule has 4 heteroatoms. The quantitative estimate of drug-likeness (QED) is 0.747. The molecule has 1 aromatic rings. The van der Waals surface area contributed by atoms with Crippen molar-refractivity contribution in [2.75, 3.05) is 32.9 Å². The zero-order valence-corrected chi connectivity index (χ0v) is 13.1. The number of benzene rings is 1. The predicted octanol–water partition coefficient (Wildman–Crippen LogP) is 2.32. The molecule has 1 aromatic carbocycles. The maximum absolute atomic E-state index is 10.2. The lowest BCUT2D eigenvalue weighted by atomic mass is 9.97. The molecule has 4 nitrogen and oxygen atoms in total. The number of ether oxygens (including phenoxy) is 2. The van der Waals surface area contributed by atoms with Gasteiger partial charge in [0.15, 0.2) is 0 Å². The Kier molecular flexibility index (Phi) is 6.03. The lowest BCUT2D eigenvalue weighted by Crippen LogP contribution is -2.46. The highest BCUT2D eigenvalue weighted by atomic mass is 16.5. The summed E-state index contributed by atoms with van der Waals surface area (Å²) >= 11 is 0. The molecule has 1 saturated heterocycles. The molecule has 21 heavy (non-hydrogen) atoms. The number of nitrogens with zero attached hydrogens (tertiary/aromatic N) is 1. The number of hydrogen-bond donors (Lipinski definition) is 1. The summed E-state index contributed by atoms with van der Waals surface area (Å²) in [4.78, 5) is 2.33. The van der Waals surface area contributed by atoms with Crippen LogP contribution in [0, 0.1) is 0 Å². The number of hydrogen-bond acceptors (Lipinski definition) is 4. The predicted molar refractivity (Wildman–Crippen MR) is 83.6 cm³/mol. The Hall–Kier alpha value is -1.10. The van der Waals surface area contributed by atoms with Crippen molar-refractivity contribution in [1.82, 2.24) is 4.90 Å². The maximum atomic E-state index is 10.2. The lowest BCUT2D eigenvalue weighted by Gasteiger charge is -2.33. The van der Waals surface area contributed by atoms with Crippen LogP contribution in [0.4, 0.5) is 0 Å². The van der Waals surface area contributed by atoms with Crippen molar-refractivity contribution < 1.29 is 14.6 Å². The van der Waals surface area contributed by atoms with Crippen LogP contribution in [0.25, 0.3) is 0 Å². The minimum atomic E-state index is -0.632. The molecule has 118 valence electrons. The third-order valence-corrected chi connectivity index (χ3v) is 3.94. The first-order chi connectivity index (χ1) is 10.1. The van der Waals surface area contributed by atoms with E-state index in [1.165, 1.54) is 0 Å². The lowest BCUT2D eigenvalue weighted by molar-refractivity contribution is -0.0128. The largest absolute Gasteiger partial charge is 0.491 e.